The smallest absolute Gasteiger partial charge is 0.236 e. The normalized spacial score (nSPS) is 10.2. The third kappa shape index (κ3) is 2.90. The van der Waals surface area contributed by atoms with Gasteiger partial charge in [-0.15, -0.1) is 0 Å². The van der Waals surface area contributed by atoms with Gasteiger partial charge in [-0.3, -0.25) is 15.1 Å². The van der Waals surface area contributed by atoms with Crippen molar-refractivity contribution in [1.82, 2.24) is 4.98 Å². The second kappa shape index (κ2) is 4.20. The van der Waals surface area contributed by atoms with E-state index in [0.29, 0.717) is 11.4 Å². The standard InChI is InChI=1S/C8H8N2O3/c1-13-8-3-2-7(9-6-8)4-5-10(11)12/h2-6H,1H3. The van der Waals surface area contributed by atoms with Crippen molar-refractivity contribution >= 4 is 6.08 Å². The van der Waals surface area contributed by atoms with Gasteiger partial charge in [0.1, 0.15) is 5.75 Å². The first-order valence-electron chi connectivity index (χ1n) is 3.54. The van der Waals surface area contributed by atoms with Crippen molar-refractivity contribution in [1.29, 1.82) is 0 Å². The molecule has 0 saturated carbocycles. The summed E-state index contributed by atoms with van der Waals surface area (Å²) in [7, 11) is 1.53. The Labute approximate surface area is 74.8 Å². The molecule has 1 rings (SSSR count). The average Bonchev–Trinajstić information content (AvgIpc) is 2.15. The Morgan fingerprint density at radius 1 is 1.62 bits per heavy atom. The van der Waals surface area contributed by atoms with E-state index in [4.69, 9.17) is 4.74 Å². The van der Waals surface area contributed by atoms with E-state index in [1.165, 1.54) is 19.4 Å². The van der Waals surface area contributed by atoms with Crippen molar-refractivity contribution in [3.8, 4) is 5.75 Å². The zero-order valence-electron chi connectivity index (χ0n) is 7.01. The number of rotatable bonds is 3. The van der Waals surface area contributed by atoms with E-state index < -0.39 is 4.92 Å². The lowest BCUT2D eigenvalue weighted by molar-refractivity contribution is -0.401. The summed E-state index contributed by atoms with van der Waals surface area (Å²) < 4.78 is 4.87. The third-order valence-electron chi connectivity index (χ3n) is 1.36. The minimum atomic E-state index is -0.536. The summed E-state index contributed by atoms with van der Waals surface area (Å²) in [4.78, 5) is 13.3. The molecule has 0 spiro atoms. The molecule has 68 valence electrons. The summed E-state index contributed by atoms with van der Waals surface area (Å²) in [6.07, 6.45) is 3.66. The third-order valence-corrected chi connectivity index (χ3v) is 1.36. The zero-order chi connectivity index (χ0) is 9.68. The quantitative estimate of drug-likeness (QED) is 0.520. The molecule has 0 aliphatic rings. The summed E-state index contributed by atoms with van der Waals surface area (Å²) in [5, 5.41) is 9.96. The van der Waals surface area contributed by atoms with E-state index in [-0.39, 0.29) is 0 Å². The molecule has 0 aromatic carbocycles. The van der Waals surface area contributed by atoms with Crippen LogP contribution in [0, 0.1) is 10.1 Å². The Morgan fingerprint density at radius 3 is 2.85 bits per heavy atom. The molecular formula is C8H8N2O3. The fraction of sp³-hybridized carbons (Fsp3) is 0.125. The summed E-state index contributed by atoms with van der Waals surface area (Å²) in [6.45, 7) is 0. The molecule has 0 unspecified atom stereocenters. The van der Waals surface area contributed by atoms with Gasteiger partial charge in [0.15, 0.2) is 0 Å². The van der Waals surface area contributed by atoms with Crippen molar-refractivity contribution in [2.75, 3.05) is 7.11 Å². The number of pyridine rings is 1. The van der Waals surface area contributed by atoms with Gasteiger partial charge in [-0.05, 0) is 12.1 Å². The molecule has 0 saturated heterocycles. The first kappa shape index (κ1) is 9.18. The Balaban J connectivity index is 2.75. The van der Waals surface area contributed by atoms with Crippen LogP contribution in [0.25, 0.3) is 6.08 Å². The monoisotopic (exact) mass is 180 g/mol. The van der Waals surface area contributed by atoms with E-state index in [9.17, 15) is 10.1 Å². The van der Waals surface area contributed by atoms with Crippen molar-refractivity contribution in [3.05, 3.63) is 40.3 Å². The van der Waals surface area contributed by atoms with Crippen molar-refractivity contribution in [2.45, 2.75) is 0 Å². The number of nitrogens with zero attached hydrogens (tertiary/aromatic N) is 2. The van der Waals surface area contributed by atoms with Gasteiger partial charge in [-0.2, -0.15) is 0 Å². The van der Waals surface area contributed by atoms with E-state index in [0.717, 1.165) is 6.20 Å². The van der Waals surface area contributed by atoms with Crippen LogP contribution in [0.5, 0.6) is 5.75 Å². The van der Waals surface area contributed by atoms with Crippen molar-refractivity contribution in [2.24, 2.45) is 0 Å². The molecule has 1 heterocycles. The molecule has 0 radical (unpaired) electrons. The van der Waals surface area contributed by atoms with Gasteiger partial charge >= 0.3 is 0 Å². The maximum absolute atomic E-state index is 9.96. The van der Waals surface area contributed by atoms with Gasteiger partial charge in [0.25, 0.3) is 0 Å². The van der Waals surface area contributed by atoms with Crippen LogP contribution in [0.3, 0.4) is 0 Å². The Morgan fingerprint density at radius 2 is 2.38 bits per heavy atom. The van der Waals surface area contributed by atoms with Crippen LogP contribution < -0.4 is 4.74 Å². The highest BCUT2D eigenvalue weighted by Gasteiger charge is 1.93. The molecule has 1 aromatic rings. The zero-order valence-corrected chi connectivity index (χ0v) is 7.01. The van der Waals surface area contributed by atoms with Gasteiger partial charge in [-0.25, -0.2) is 0 Å². The summed E-state index contributed by atoms with van der Waals surface area (Å²) in [6, 6.07) is 3.32. The molecule has 5 heteroatoms. The lowest BCUT2D eigenvalue weighted by Crippen LogP contribution is -1.87. The average molecular weight is 180 g/mol. The highest BCUT2D eigenvalue weighted by Crippen LogP contribution is 2.08. The fourth-order valence-electron chi connectivity index (χ4n) is 0.748. The lowest BCUT2D eigenvalue weighted by atomic mass is 10.3. The Kier molecular flexibility index (Phi) is 2.97. The molecule has 0 amide bonds. The second-order valence-corrected chi connectivity index (χ2v) is 2.22. The van der Waals surface area contributed by atoms with E-state index in [2.05, 4.69) is 4.98 Å². The lowest BCUT2D eigenvalue weighted by Gasteiger charge is -1.96. The van der Waals surface area contributed by atoms with Gasteiger partial charge in [0, 0.05) is 6.08 Å². The minimum Gasteiger partial charge on any atom is -0.495 e. The molecule has 5 nitrogen and oxygen atoms in total. The molecule has 0 bridgehead atoms. The summed E-state index contributed by atoms with van der Waals surface area (Å²) >= 11 is 0. The molecule has 0 aliphatic heterocycles. The van der Waals surface area contributed by atoms with E-state index in [1.807, 2.05) is 0 Å². The van der Waals surface area contributed by atoms with Crippen LogP contribution in [-0.4, -0.2) is 17.0 Å². The number of ether oxygens (including phenoxy) is 1. The maximum Gasteiger partial charge on any atom is 0.236 e. The predicted octanol–water partition coefficient (Wildman–Crippen LogP) is 1.34. The van der Waals surface area contributed by atoms with Crippen molar-refractivity contribution in [3.63, 3.8) is 0 Å². The molecule has 0 atom stereocenters. The largest absolute Gasteiger partial charge is 0.495 e. The number of nitro groups is 1. The Hall–Kier alpha value is -1.91. The van der Waals surface area contributed by atoms with Crippen molar-refractivity contribution < 1.29 is 9.66 Å². The minimum absolute atomic E-state index is 0.525. The number of aromatic nitrogens is 1. The van der Waals surface area contributed by atoms with Crippen LogP contribution in [0.15, 0.2) is 24.5 Å². The molecule has 0 N–H and O–H groups in total. The summed E-state index contributed by atoms with van der Waals surface area (Å²) in [5.41, 5.74) is 0.525. The van der Waals surface area contributed by atoms with Crippen LogP contribution in [0.2, 0.25) is 0 Å². The van der Waals surface area contributed by atoms with E-state index in [1.54, 1.807) is 12.1 Å². The topological polar surface area (TPSA) is 65.3 Å². The highest BCUT2D eigenvalue weighted by molar-refractivity contribution is 5.43. The first-order chi connectivity index (χ1) is 6.22. The molecule has 13 heavy (non-hydrogen) atoms. The molecular weight excluding hydrogens is 172 g/mol. The molecule has 0 aliphatic carbocycles. The van der Waals surface area contributed by atoms with Gasteiger partial charge in [0.2, 0.25) is 6.20 Å². The first-order valence-corrected chi connectivity index (χ1v) is 3.54. The highest BCUT2D eigenvalue weighted by atomic mass is 16.6. The van der Waals surface area contributed by atoms with Crippen LogP contribution >= 0.6 is 0 Å². The number of hydrogen-bond donors (Lipinski definition) is 0. The number of hydrogen-bond acceptors (Lipinski definition) is 4. The second-order valence-electron chi connectivity index (χ2n) is 2.22. The van der Waals surface area contributed by atoms with Crippen LogP contribution in [0.1, 0.15) is 5.69 Å². The summed E-state index contributed by atoms with van der Waals surface area (Å²) in [5.74, 6) is 0.623. The van der Waals surface area contributed by atoms with Gasteiger partial charge < -0.3 is 4.74 Å². The SMILES string of the molecule is COc1ccc(C=C[N+](=O)[O-])nc1. The fourth-order valence-corrected chi connectivity index (χ4v) is 0.748. The Bertz CT molecular complexity index is 319. The number of methoxy groups -OCH3 is 1. The van der Waals surface area contributed by atoms with Crippen LogP contribution in [-0.2, 0) is 0 Å². The predicted molar refractivity (Wildman–Crippen MR) is 46.8 cm³/mol. The molecule has 0 fully saturated rings. The van der Waals surface area contributed by atoms with Gasteiger partial charge in [0.05, 0.1) is 23.9 Å². The maximum atomic E-state index is 9.96. The van der Waals surface area contributed by atoms with Crippen LogP contribution in [0.4, 0.5) is 0 Å². The van der Waals surface area contributed by atoms with E-state index >= 15 is 0 Å². The van der Waals surface area contributed by atoms with Gasteiger partial charge in [-0.1, -0.05) is 0 Å². The molecule has 1 aromatic heterocycles.